The molecule has 1 atom stereocenters. The number of nitrogens with two attached hydrogens (primary N) is 1. The van der Waals surface area contributed by atoms with Gasteiger partial charge in [-0.15, -0.1) is 0 Å². The van der Waals surface area contributed by atoms with E-state index in [4.69, 9.17) is 10.8 Å². The van der Waals surface area contributed by atoms with Crippen molar-refractivity contribution in [3.63, 3.8) is 0 Å². The van der Waals surface area contributed by atoms with E-state index in [0.717, 1.165) is 45.4 Å². The summed E-state index contributed by atoms with van der Waals surface area (Å²) in [4.78, 5) is 15.9. The van der Waals surface area contributed by atoms with Gasteiger partial charge in [0.15, 0.2) is 0 Å². The lowest BCUT2D eigenvalue weighted by Crippen LogP contribution is -2.32. The maximum absolute atomic E-state index is 11.8. The molecule has 106 valence electrons. The summed E-state index contributed by atoms with van der Waals surface area (Å²) in [6.07, 6.45) is 3.50. The molecular weight excluding hydrogens is 230 g/mol. The first-order valence-electron chi connectivity index (χ1n) is 6.94. The van der Waals surface area contributed by atoms with Gasteiger partial charge >= 0.3 is 0 Å². The molecule has 1 aliphatic rings. The van der Waals surface area contributed by atoms with Crippen molar-refractivity contribution in [1.29, 1.82) is 0 Å². The third-order valence-electron chi connectivity index (χ3n) is 3.67. The number of rotatable bonds is 8. The Morgan fingerprint density at radius 3 is 3.00 bits per heavy atom. The number of carbonyl (C=O) groups is 1. The van der Waals surface area contributed by atoms with Crippen LogP contribution in [0, 0.1) is 5.92 Å². The minimum absolute atomic E-state index is 0.203. The first-order chi connectivity index (χ1) is 8.67. The Bertz CT molecular complexity index is 248. The van der Waals surface area contributed by atoms with Crippen LogP contribution in [-0.2, 0) is 4.79 Å². The molecule has 1 aliphatic heterocycles. The quantitative estimate of drug-likeness (QED) is 0.636. The first kappa shape index (κ1) is 15.4. The van der Waals surface area contributed by atoms with Crippen LogP contribution in [0.2, 0.25) is 0 Å². The van der Waals surface area contributed by atoms with Gasteiger partial charge < -0.3 is 20.6 Å². The molecule has 1 heterocycles. The number of aliphatic hydroxyl groups excluding tert-OH is 1. The lowest BCUT2D eigenvalue weighted by atomic mass is 10.1. The van der Waals surface area contributed by atoms with Gasteiger partial charge in [-0.1, -0.05) is 0 Å². The van der Waals surface area contributed by atoms with Crippen LogP contribution in [0.25, 0.3) is 0 Å². The van der Waals surface area contributed by atoms with Gasteiger partial charge in [-0.3, -0.25) is 4.79 Å². The van der Waals surface area contributed by atoms with Crippen LogP contribution in [0.1, 0.15) is 25.7 Å². The molecule has 1 rings (SSSR count). The molecule has 5 nitrogen and oxygen atoms in total. The predicted molar refractivity (Wildman–Crippen MR) is 72.2 cm³/mol. The average molecular weight is 257 g/mol. The molecule has 0 aromatic rings. The van der Waals surface area contributed by atoms with Gasteiger partial charge in [0.25, 0.3) is 0 Å². The van der Waals surface area contributed by atoms with Crippen molar-refractivity contribution in [3.8, 4) is 0 Å². The summed E-state index contributed by atoms with van der Waals surface area (Å²) in [5, 5.41) is 8.90. The van der Waals surface area contributed by atoms with Gasteiger partial charge in [0.2, 0.25) is 5.91 Å². The smallest absolute Gasteiger partial charge is 0.223 e. The summed E-state index contributed by atoms with van der Waals surface area (Å²) >= 11 is 0. The first-order valence-corrected chi connectivity index (χ1v) is 6.94. The lowest BCUT2D eigenvalue weighted by molar-refractivity contribution is -0.130. The fraction of sp³-hybridized carbons (Fsp3) is 0.923. The molecule has 0 bridgehead atoms. The molecule has 1 saturated heterocycles. The molecule has 0 radical (unpaired) electrons. The Morgan fingerprint density at radius 1 is 1.56 bits per heavy atom. The van der Waals surface area contributed by atoms with Gasteiger partial charge in [-0.05, 0) is 38.3 Å². The molecule has 3 N–H and O–H groups in total. The van der Waals surface area contributed by atoms with Gasteiger partial charge in [-0.2, -0.15) is 0 Å². The number of hydrogen-bond acceptors (Lipinski definition) is 4. The Hall–Kier alpha value is -0.650. The zero-order chi connectivity index (χ0) is 13.4. The van der Waals surface area contributed by atoms with Gasteiger partial charge in [0.05, 0.1) is 0 Å². The van der Waals surface area contributed by atoms with Crippen molar-refractivity contribution in [3.05, 3.63) is 0 Å². The van der Waals surface area contributed by atoms with Crippen LogP contribution in [0.3, 0.4) is 0 Å². The second kappa shape index (κ2) is 8.45. The highest BCUT2D eigenvalue weighted by atomic mass is 16.3. The van der Waals surface area contributed by atoms with E-state index in [9.17, 15) is 4.79 Å². The Balaban J connectivity index is 2.15. The van der Waals surface area contributed by atoms with E-state index < -0.39 is 0 Å². The van der Waals surface area contributed by atoms with E-state index in [1.807, 2.05) is 7.05 Å². The van der Waals surface area contributed by atoms with Gasteiger partial charge in [0, 0.05) is 39.7 Å². The lowest BCUT2D eigenvalue weighted by Gasteiger charge is -2.20. The molecule has 0 aromatic carbocycles. The van der Waals surface area contributed by atoms with E-state index in [2.05, 4.69) is 4.90 Å². The minimum Gasteiger partial charge on any atom is -0.396 e. The van der Waals surface area contributed by atoms with Crippen molar-refractivity contribution < 1.29 is 9.90 Å². The molecule has 1 unspecified atom stereocenters. The second-order valence-corrected chi connectivity index (χ2v) is 5.18. The molecule has 0 aromatic heterocycles. The third-order valence-corrected chi connectivity index (χ3v) is 3.67. The van der Waals surface area contributed by atoms with Crippen LogP contribution in [0.5, 0.6) is 0 Å². The van der Waals surface area contributed by atoms with E-state index in [1.165, 1.54) is 0 Å². The summed E-state index contributed by atoms with van der Waals surface area (Å²) in [6.45, 7) is 4.59. The summed E-state index contributed by atoms with van der Waals surface area (Å²) in [6, 6.07) is 0. The highest BCUT2D eigenvalue weighted by Crippen LogP contribution is 2.19. The molecule has 0 saturated carbocycles. The van der Waals surface area contributed by atoms with Crippen LogP contribution in [0.4, 0.5) is 0 Å². The van der Waals surface area contributed by atoms with Crippen LogP contribution in [-0.4, -0.2) is 67.2 Å². The Labute approximate surface area is 110 Å². The maximum Gasteiger partial charge on any atom is 0.223 e. The standard InChI is InChI=1S/C13H27N3O2/c1-15(7-2-6-14)13(18)4-9-16-8-3-12(11-16)5-10-17/h12,17H,2-11,14H2,1H3. The topological polar surface area (TPSA) is 69.8 Å². The number of amides is 1. The molecule has 1 fully saturated rings. The van der Waals surface area contributed by atoms with Crippen molar-refractivity contribution in [2.75, 3.05) is 46.4 Å². The highest BCUT2D eigenvalue weighted by Gasteiger charge is 2.22. The highest BCUT2D eigenvalue weighted by molar-refractivity contribution is 5.76. The monoisotopic (exact) mass is 257 g/mol. The summed E-state index contributed by atoms with van der Waals surface area (Å²) in [5.74, 6) is 0.814. The fourth-order valence-corrected chi connectivity index (χ4v) is 2.43. The normalized spacial score (nSPS) is 20.3. The fourth-order valence-electron chi connectivity index (χ4n) is 2.43. The molecule has 0 aliphatic carbocycles. The maximum atomic E-state index is 11.8. The third kappa shape index (κ3) is 5.33. The molecule has 5 heteroatoms. The molecule has 18 heavy (non-hydrogen) atoms. The van der Waals surface area contributed by atoms with Crippen LogP contribution in [0.15, 0.2) is 0 Å². The van der Waals surface area contributed by atoms with Gasteiger partial charge in [0.1, 0.15) is 0 Å². The number of carbonyl (C=O) groups excluding carboxylic acids is 1. The molecule has 0 spiro atoms. The average Bonchev–Trinajstić information content (AvgIpc) is 2.81. The van der Waals surface area contributed by atoms with E-state index >= 15 is 0 Å². The zero-order valence-corrected chi connectivity index (χ0v) is 11.5. The predicted octanol–water partition coefficient (Wildman–Crippen LogP) is -0.112. The minimum atomic E-state index is 0.203. The van der Waals surface area contributed by atoms with Crippen molar-refractivity contribution >= 4 is 5.91 Å². The van der Waals surface area contributed by atoms with Crippen molar-refractivity contribution in [2.45, 2.75) is 25.7 Å². The van der Waals surface area contributed by atoms with Crippen LogP contribution < -0.4 is 5.73 Å². The molecule has 1 amide bonds. The van der Waals surface area contributed by atoms with Crippen LogP contribution >= 0.6 is 0 Å². The number of hydrogen-bond donors (Lipinski definition) is 2. The summed E-state index contributed by atoms with van der Waals surface area (Å²) in [7, 11) is 1.84. The van der Waals surface area contributed by atoms with E-state index in [-0.39, 0.29) is 12.5 Å². The zero-order valence-electron chi connectivity index (χ0n) is 11.5. The number of likely N-dealkylation sites (tertiary alicyclic amines) is 1. The second-order valence-electron chi connectivity index (χ2n) is 5.18. The summed E-state index contributed by atoms with van der Waals surface area (Å²) in [5.41, 5.74) is 5.43. The van der Waals surface area contributed by atoms with Gasteiger partial charge in [-0.25, -0.2) is 0 Å². The number of nitrogens with zero attached hydrogens (tertiary/aromatic N) is 2. The largest absolute Gasteiger partial charge is 0.396 e. The van der Waals surface area contributed by atoms with Crippen molar-refractivity contribution in [1.82, 2.24) is 9.80 Å². The van der Waals surface area contributed by atoms with Crippen molar-refractivity contribution in [2.24, 2.45) is 11.7 Å². The van der Waals surface area contributed by atoms with E-state index in [1.54, 1.807) is 4.90 Å². The summed E-state index contributed by atoms with van der Waals surface area (Å²) < 4.78 is 0. The number of aliphatic hydroxyl groups is 1. The Kier molecular flexibility index (Phi) is 7.23. The van der Waals surface area contributed by atoms with E-state index in [0.29, 0.717) is 18.9 Å². The SMILES string of the molecule is CN(CCCN)C(=O)CCN1CCC(CCO)C1. The Morgan fingerprint density at radius 2 is 2.33 bits per heavy atom. The molecular formula is C13H27N3O2.